The van der Waals surface area contributed by atoms with Crippen molar-refractivity contribution < 1.29 is 19.1 Å². The Bertz CT molecular complexity index is 723. The normalized spacial score (nSPS) is 10.3. The van der Waals surface area contributed by atoms with Crippen molar-refractivity contribution in [3.05, 3.63) is 45.6 Å². The molecule has 0 saturated carbocycles. The molecule has 0 atom stereocenters. The molecule has 1 aromatic heterocycles. The van der Waals surface area contributed by atoms with Crippen LogP contribution in [-0.2, 0) is 6.54 Å². The molecule has 2 rings (SSSR count). The van der Waals surface area contributed by atoms with Gasteiger partial charge in [0.05, 0.1) is 24.0 Å². The van der Waals surface area contributed by atoms with Crippen LogP contribution < -0.4 is 9.47 Å². The first-order valence-electron chi connectivity index (χ1n) is 7.03. The summed E-state index contributed by atoms with van der Waals surface area (Å²) in [5.74, 6) is 1.13. The monoisotopic (exact) mass is 333 g/mol. The van der Waals surface area contributed by atoms with Gasteiger partial charge in [-0.1, -0.05) is 6.07 Å². The van der Waals surface area contributed by atoms with Gasteiger partial charge in [-0.05, 0) is 36.8 Å². The number of rotatable bonds is 6. The second-order valence-corrected chi connectivity index (χ2v) is 6.15. The first-order chi connectivity index (χ1) is 11.0. The molecule has 23 heavy (non-hydrogen) atoms. The minimum atomic E-state index is -0.114. The molecule has 1 aromatic carbocycles. The summed E-state index contributed by atoms with van der Waals surface area (Å²) in [4.78, 5) is 26.5. The van der Waals surface area contributed by atoms with Crippen LogP contribution in [0.4, 0.5) is 0 Å². The molecule has 0 radical (unpaired) electrons. The topological polar surface area (TPSA) is 55.8 Å². The molecule has 0 unspecified atom stereocenters. The molecule has 0 fully saturated rings. The molecule has 0 bridgehead atoms. The SMILES string of the molecule is COc1ccc(CN(C)C(=O)c2ccc(C(C)=O)s2)cc1OC. The first-order valence-corrected chi connectivity index (χ1v) is 7.85. The highest BCUT2D eigenvalue weighted by atomic mass is 32.1. The van der Waals surface area contributed by atoms with E-state index in [9.17, 15) is 9.59 Å². The van der Waals surface area contributed by atoms with Gasteiger partial charge in [-0.3, -0.25) is 9.59 Å². The zero-order valence-electron chi connectivity index (χ0n) is 13.6. The lowest BCUT2D eigenvalue weighted by Gasteiger charge is -2.17. The highest BCUT2D eigenvalue weighted by molar-refractivity contribution is 7.15. The van der Waals surface area contributed by atoms with E-state index in [0.29, 0.717) is 27.8 Å². The maximum absolute atomic E-state index is 12.4. The molecule has 0 aliphatic heterocycles. The van der Waals surface area contributed by atoms with Crippen molar-refractivity contribution >= 4 is 23.0 Å². The van der Waals surface area contributed by atoms with E-state index >= 15 is 0 Å². The fourth-order valence-electron chi connectivity index (χ4n) is 2.15. The Kier molecular flexibility index (Phi) is 5.39. The van der Waals surface area contributed by atoms with E-state index in [1.54, 1.807) is 38.3 Å². The summed E-state index contributed by atoms with van der Waals surface area (Å²) < 4.78 is 10.5. The van der Waals surface area contributed by atoms with Crippen LogP contribution in [0.3, 0.4) is 0 Å². The number of benzene rings is 1. The minimum absolute atomic E-state index is 0.0309. The number of hydrogen-bond acceptors (Lipinski definition) is 5. The Morgan fingerprint density at radius 3 is 2.26 bits per heavy atom. The number of methoxy groups -OCH3 is 2. The Balaban J connectivity index is 2.12. The summed E-state index contributed by atoms with van der Waals surface area (Å²) in [6.07, 6.45) is 0. The average molecular weight is 333 g/mol. The Hall–Kier alpha value is -2.34. The lowest BCUT2D eigenvalue weighted by atomic mass is 10.2. The van der Waals surface area contributed by atoms with Gasteiger partial charge in [0.1, 0.15) is 0 Å². The van der Waals surface area contributed by atoms with Gasteiger partial charge in [-0.15, -0.1) is 11.3 Å². The number of ketones is 1. The third kappa shape index (κ3) is 3.90. The largest absolute Gasteiger partial charge is 0.493 e. The molecule has 6 heteroatoms. The molecule has 0 spiro atoms. The lowest BCUT2D eigenvalue weighted by Crippen LogP contribution is -2.25. The van der Waals surface area contributed by atoms with Crippen molar-refractivity contribution in [3.63, 3.8) is 0 Å². The lowest BCUT2D eigenvalue weighted by molar-refractivity contribution is 0.0789. The van der Waals surface area contributed by atoms with Crippen LogP contribution in [0.1, 0.15) is 31.8 Å². The highest BCUT2D eigenvalue weighted by Crippen LogP contribution is 2.28. The van der Waals surface area contributed by atoms with Crippen molar-refractivity contribution in [2.75, 3.05) is 21.3 Å². The summed E-state index contributed by atoms with van der Waals surface area (Å²) in [6.45, 7) is 1.93. The van der Waals surface area contributed by atoms with Crippen LogP contribution in [0.25, 0.3) is 0 Å². The van der Waals surface area contributed by atoms with Crippen LogP contribution in [0.15, 0.2) is 30.3 Å². The summed E-state index contributed by atoms with van der Waals surface area (Å²) in [6, 6.07) is 8.92. The second kappa shape index (κ2) is 7.28. The van der Waals surface area contributed by atoms with Crippen LogP contribution in [-0.4, -0.2) is 37.9 Å². The zero-order valence-corrected chi connectivity index (χ0v) is 14.4. The van der Waals surface area contributed by atoms with Crippen molar-refractivity contribution in [1.29, 1.82) is 0 Å². The summed E-state index contributed by atoms with van der Waals surface area (Å²) in [5.41, 5.74) is 0.932. The zero-order chi connectivity index (χ0) is 17.0. The van der Waals surface area contributed by atoms with Crippen LogP contribution >= 0.6 is 11.3 Å². The predicted octanol–water partition coefficient (Wildman–Crippen LogP) is 3.24. The third-order valence-electron chi connectivity index (χ3n) is 3.38. The quantitative estimate of drug-likeness (QED) is 0.762. The molecule has 122 valence electrons. The number of carbonyl (C=O) groups excluding carboxylic acids is 2. The first kappa shape index (κ1) is 17.0. The van der Waals surface area contributed by atoms with Gasteiger partial charge in [-0.25, -0.2) is 0 Å². The number of carbonyl (C=O) groups is 2. The summed E-state index contributed by atoms with van der Waals surface area (Å²) in [7, 11) is 4.88. The molecule has 0 saturated heterocycles. The van der Waals surface area contributed by atoms with Crippen molar-refractivity contribution in [1.82, 2.24) is 4.90 Å². The van der Waals surface area contributed by atoms with E-state index in [1.165, 1.54) is 18.3 Å². The van der Waals surface area contributed by atoms with Crippen LogP contribution in [0.5, 0.6) is 11.5 Å². The summed E-state index contributed by atoms with van der Waals surface area (Å²) in [5, 5.41) is 0. The fourth-order valence-corrected chi connectivity index (χ4v) is 3.05. The molecule has 5 nitrogen and oxygen atoms in total. The molecular formula is C17H19NO4S. The van der Waals surface area contributed by atoms with Gasteiger partial charge in [0.15, 0.2) is 17.3 Å². The summed E-state index contributed by atoms with van der Waals surface area (Å²) >= 11 is 1.22. The van der Waals surface area contributed by atoms with Crippen LogP contribution in [0, 0.1) is 0 Å². The molecule has 0 N–H and O–H groups in total. The molecule has 2 aromatic rings. The predicted molar refractivity (Wildman–Crippen MR) is 89.7 cm³/mol. The third-order valence-corrected chi connectivity index (χ3v) is 4.55. The van der Waals surface area contributed by atoms with Crippen LogP contribution in [0.2, 0.25) is 0 Å². The van der Waals surface area contributed by atoms with Crippen molar-refractivity contribution in [2.45, 2.75) is 13.5 Å². The minimum Gasteiger partial charge on any atom is -0.493 e. The van der Waals surface area contributed by atoms with Crippen molar-refractivity contribution in [3.8, 4) is 11.5 Å². The average Bonchev–Trinajstić information content (AvgIpc) is 3.04. The Morgan fingerprint density at radius 1 is 1.04 bits per heavy atom. The van der Waals surface area contributed by atoms with Gasteiger partial charge in [0.25, 0.3) is 5.91 Å². The molecule has 0 aliphatic carbocycles. The smallest absolute Gasteiger partial charge is 0.263 e. The van der Waals surface area contributed by atoms with E-state index < -0.39 is 0 Å². The van der Waals surface area contributed by atoms with Gasteiger partial charge < -0.3 is 14.4 Å². The van der Waals surface area contributed by atoms with E-state index in [0.717, 1.165) is 5.56 Å². The molecule has 1 amide bonds. The number of ether oxygens (including phenoxy) is 2. The second-order valence-electron chi connectivity index (χ2n) is 5.07. The van der Waals surface area contributed by atoms with Gasteiger partial charge in [0, 0.05) is 13.6 Å². The maximum atomic E-state index is 12.4. The highest BCUT2D eigenvalue weighted by Gasteiger charge is 2.16. The number of amides is 1. The van der Waals surface area contributed by atoms with E-state index in [-0.39, 0.29) is 11.7 Å². The number of Topliss-reactive ketones (excluding diaryl/α,β-unsaturated/α-hetero) is 1. The van der Waals surface area contributed by atoms with Gasteiger partial charge >= 0.3 is 0 Å². The van der Waals surface area contributed by atoms with E-state index in [2.05, 4.69) is 0 Å². The van der Waals surface area contributed by atoms with Gasteiger partial charge in [-0.2, -0.15) is 0 Å². The van der Waals surface area contributed by atoms with Crippen molar-refractivity contribution in [2.24, 2.45) is 0 Å². The Labute approximate surface area is 139 Å². The molecule has 0 aliphatic rings. The van der Waals surface area contributed by atoms with E-state index in [4.69, 9.17) is 9.47 Å². The number of nitrogens with zero attached hydrogens (tertiary/aromatic N) is 1. The Morgan fingerprint density at radius 2 is 1.70 bits per heavy atom. The molecular weight excluding hydrogens is 314 g/mol. The van der Waals surface area contributed by atoms with E-state index in [1.807, 2.05) is 18.2 Å². The van der Waals surface area contributed by atoms with Gasteiger partial charge in [0.2, 0.25) is 0 Å². The molecule has 1 heterocycles. The maximum Gasteiger partial charge on any atom is 0.263 e. The fraction of sp³-hybridized carbons (Fsp3) is 0.294. The standard InChI is InChI=1S/C17H19NO4S/c1-11(19)15-7-8-16(23-15)17(20)18(2)10-12-5-6-13(21-3)14(9-12)22-4/h5-9H,10H2,1-4H3. The number of thiophene rings is 1. The number of hydrogen-bond donors (Lipinski definition) is 0.